The molecule has 12 heteroatoms. The average molecular weight is 477 g/mol. The van der Waals surface area contributed by atoms with Crippen molar-refractivity contribution in [3.63, 3.8) is 0 Å². The van der Waals surface area contributed by atoms with Crippen LogP contribution in [0.1, 0.15) is 26.7 Å². The molecular weight excluding hydrogens is 452 g/mol. The second kappa shape index (κ2) is 10.4. The maximum atomic E-state index is 12.7. The van der Waals surface area contributed by atoms with E-state index in [1.165, 1.54) is 16.4 Å². The van der Waals surface area contributed by atoms with Crippen LogP contribution in [0.3, 0.4) is 0 Å². The van der Waals surface area contributed by atoms with Crippen molar-refractivity contribution in [1.29, 1.82) is 0 Å². The van der Waals surface area contributed by atoms with Gasteiger partial charge in [0, 0.05) is 19.2 Å². The molecule has 0 N–H and O–H groups in total. The summed E-state index contributed by atoms with van der Waals surface area (Å²) in [4.78, 5) is 14.9. The van der Waals surface area contributed by atoms with Crippen LogP contribution in [0.2, 0.25) is 0 Å². The Morgan fingerprint density at radius 2 is 1.79 bits per heavy atom. The van der Waals surface area contributed by atoms with Crippen molar-refractivity contribution in [2.45, 2.75) is 32.3 Å². The Bertz CT molecular complexity index is 1220. The van der Waals surface area contributed by atoms with Crippen molar-refractivity contribution in [3.05, 3.63) is 58.5 Å². The molecule has 1 aromatic heterocycles. The number of nitro groups is 1. The van der Waals surface area contributed by atoms with Crippen LogP contribution in [0.15, 0.2) is 51.9 Å². The molecule has 0 bridgehead atoms. The Morgan fingerprint density at radius 3 is 2.45 bits per heavy atom. The van der Waals surface area contributed by atoms with Gasteiger partial charge < -0.3 is 14.0 Å². The molecule has 3 rings (SSSR count). The molecule has 1 heterocycles. The molecule has 0 atom stereocenters. The number of rotatable bonds is 11. The first-order chi connectivity index (χ1) is 15.8. The largest absolute Gasteiger partial charge is 0.493 e. The van der Waals surface area contributed by atoms with E-state index >= 15 is 0 Å². The molecule has 0 aliphatic carbocycles. The zero-order valence-corrected chi connectivity index (χ0v) is 19.2. The summed E-state index contributed by atoms with van der Waals surface area (Å²) >= 11 is 0. The smallest absolute Gasteiger partial charge is 0.312 e. The van der Waals surface area contributed by atoms with Gasteiger partial charge in [0.1, 0.15) is 5.75 Å². The predicted molar refractivity (Wildman–Crippen MR) is 118 cm³/mol. The second-order valence-electron chi connectivity index (χ2n) is 6.71. The summed E-state index contributed by atoms with van der Waals surface area (Å²) in [6.07, 6.45) is 0. The fourth-order valence-electron chi connectivity index (χ4n) is 3.13. The number of hydrogen-bond acceptors (Lipinski definition) is 9. The first-order valence-corrected chi connectivity index (χ1v) is 11.7. The van der Waals surface area contributed by atoms with Gasteiger partial charge in [-0.05, 0) is 31.2 Å². The number of para-hydroxylation sites is 1. The topological polar surface area (TPSA) is 138 Å². The quantitative estimate of drug-likeness (QED) is 0.300. The van der Waals surface area contributed by atoms with Gasteiger partial charge in [-0.25, -0.2) is 8.42 Å². The van der Waals surface area contributed by atoms with Gasteiger partial charge >= 0.3 is 5.69 Å². The monoisotopic (exact) mass is 476 g/mol. The van der Waals surface area contributed by atoms with Gasteiger partial charge in [0.05, 0.1) is 22.0 Å². The van der Waals surface area contributed by atoms with Crippen molar-refractivity contribution in [2.75, 3.05) is 19.7 Å². The lowest BCUT2D eigenvalue weighted by Gasteiger charge is -2.18. The molecule has 176 valence electrons. The minimum Gasteiger partial charge on any atom is -0.493 e. The van der Waals surface area contributed by atoms with Gasteiger partial charge in [0.15, 0.2) is 12.4 Å². The van der Waals surface area contributed by atoms with Crippen molar-refractivity contribution >= 4 is 15.7 Å². The number of hydrogen-bond donors (Lipinski definition) is 0. The Morgan fingerprint density at radius 1 is 1.06 bits per heavy atom. The van der Waals surface area contributed by atoms with E-state index in [1.54, 1.807) is 26.0 Å². The van der Waals surface area contributed by atoms with Gasteiger partial charge in [0.2, 0.25) is 15.8 Å². The number of nitrogens with zero attached hydrogens (tertiary/aromatic N) is 4. The van der Waals surface area contributed by atoms with Crippen LogP contribution in [0, 0.1) is 10.1 Å². The summed E-state index contributed by atoms with van der Waals surface area (Å²) < 4.78 is 42.9. The molecule has 0 spiro atoms. The molecule has 0 amide bonds. The minimum absolute atomic E-state index is 0.0884. The number of sulfonamides is 1. The summed E-state index contributed by atoms with van der Waals surface area (Å²) in [5.74, 6) is 0.847. The molecule has 0 aliphatic rings. The normalized spacial score (nSPS) is 11.5. The van der Waals surface area contributed by atoms with Crippen molar-refractivity contribution in [3.8, 4) is 22.9 Å². The molecule has 0 unspecified atom stereocenters. The van der Waals surface area contributed by atoms with Gasteiger partial charge in [-0.1, -0.05) is 31.1 Å². The minimum atomic E-state index is -3.86. The van der Waals surface area contributed by atoms with E-state index < -0.39 is 20.6 Å². The Labute approximate surface area is 191 Å². The second-order valence-corrected chi connectivity index (χ2v) is 8.64. The van der Waals surface area contributed by atoms with E-state index in [0.717, 1.165) is 6.07 Å². The maximum absolute atomic E-state index is 12.7. The average Bonchev–Trinajstić information content (AvgIpc) is 3.27. The summed E-state index contributed by atoms with van der Waals surface area (Å²) in [5, 5.41) is 15.5. The van der Waals surface area contributed by atoms with Gasteiger partial charge in [-0.3, -0.25) is 10.1 Å². The molecule has 0 saturated carbocycles. The third-order valence-corrected chi connectivity index (χ3v) is 6.76. The first-order valence-electron chi connectivity index (χ1n) is 10.3. The fraction of sp³-hybridized carbons (Fsp3) is 0.333. The van der Waals surface area contributed by atoms with Crippen LogP contribution in [-0.4, -0.2) is 47.5 Å². The standard InChI is InChI=1S/C21H24N4O7S/c1-4-24(5-2)33(28,29)15-11-12-19(17(13-15)25(26)27)31-14-20-22-21(23-32-20)16-9-7-8-10-18(16)30-6-3/h7-13H,4-6,14H2,1-3H3. The zero-order chi connectivity index (χ0) is 24.0. The third-order valence-electron chi connectivity index (χ3n) is 4.72. The molecule has 0 fully saturated rings. The lowest BCUT2D eigenvalue weighted by Crippen LogP contribution is -2.30. The highest BCUT2D eigenvalue weighted by molar-refractivity contribution is 7.89. The molecule has 0 radical (unpaired) electrons. The highest BCUT2D eigenvalue weighted by atomic mass is 32.2. The van der Waals surface area contributed by atoms with Gasteiger partial charge in [-0.15, -0.1) is 0 Å². The molecule has 2 aromatic carbocycles. The molecule has 0 aliphatic heterocycles. The lowest BCUT2D eigenvalue weighted by atomic mass is 10.2. The van der Waals surface area contributed by atoms with E-state index in [2.05, 4.69) is 10.1 Å². The number of aromatic nitrogens is 2. The van der Waals surface area contributed by atoms with Crippen LogP contribution in [-0.2, 0) is 16.6 Å². The lowest BCUT2D eigenvalue weighted by molar-refractivity contribution is -0.386. The van der Waals surface area contributed by atoms with E-state index in [4.69, 9.17) is 14.0 Å². The molecule has 11 nitrogen and oxygen atoms in total. The number of ether oxygens (including phenoxy) is 2. The van der Waals surface area contributed by atoms with Crippen LogP contribution in [0.4, 0.5) is 5.69 Å². The van der Waals surface area contributed by atoms with E-state index in [9.17, 15) is 18.5 Å². The predicted octanol–water partition coefficient (Wildman–Crippen LogP) is 3.65. The summed E-state index contributed by atoms with van der Waals surface area (Å²) in [5.41, 5.74) is 0.149. The van der Waals surface area contributed by atoms with Crippen molar-refractivity contribution in [1.82, 2.24) is 14.4 Å². The highest BCUT2D eigenvalue weighted by Crippen LogP contribution is 2.32. The number of nitro benzene ring substituents is 1. The van der Waals surface area contributed by atoms with Crippen molar-refractivity contribution in [2.24, 2.45) is 0 Å². The fourth-order valence-corrected chi connectivity index (χ4v) is 4.61. The van der Waals surface area contributed by atoms with Crippen LogP contribution < -0.4 is 9.47 Å². The number of benzene rings is 2. The third kappa shape index (κ3) is 5.29. The molecule has 0 saturated heterocycles. The highest BCUT2D eigenvalue weighted by Gasteiger charge is 2.26. The Balaban J connectivity index is 1.82. The first kappa shape index (κ1) is 24.1. The zero-order valence-electron chi connectivity index (χ0n) is 18.4. The van der Waals surface area contributed by atoms with Crippen LogP contribution in [0.25, 0.3) is 11.4 Å². The Hall–Kier alpha value is -3.51. The van der Waals surface area contributed by atoms with E-state index in [0.29, 0.717) is 17.9 Å². The van der Waals surface area contributed by atoms with Crippen molar-refractivity contribution < 1.29 is 27.3 Å². The van der Waals surface area contributed by atoms with Crippen LogP contribution >= 0.6 is 0 Å². The molecule has 3 aromatic rings. The summed E-state index contributed by atoms with van der Waals surface area (Å²) in [6, 6.07) is 10.7. The molecular formula is C21H24N4O7S. The summed E-state index contributed by atoms with van der Waals surface area (Å²) in [6.45, 7) is 5.96. The summed E-state index contributed by atoms with van der Waals surface area (Å²) in [7, 11) is -3.86. The van der Waals surface area contributed by atoms with E-state index in [1.807, 2.05) is 19.1 Å². The van der Waals surface area contributed by atoms with Crippen LogP contribution in [0.5, 0.6) is 11.5 Å². The maximum Gasteiger partial charge on any atom is 0.312 e. The SMILES string of the molecule is CCOc1ccccc1-c1noc(COc2ccc(S(=O)(=O)N(CC)CC)cc2[N+](=O)[O-])n1. The molecule has 33 heavy (non-hydrogen) atoms. The van der Waals surface area contributed by atoms with E-state index in [-0.39, 0.29) is 42.1 Å². The van der Waals surface area contributed by atoms with Gasteiger partial charge in [0.25, 0.3) is 5.89 Å². The van der Waals surface area contributed by atoms with Gasteiger partial charge in [-0.2, -0.15) is 9.29 Å². The Kier molecular flexibility index (Phi) is 7.61.